The molecule has 2 atom stereocenters. The molecule has 0 aromatic carbocycles. The lowest BCUT2D eigenvalue weighted by Gasteiger charge is -2.18. The summed E-state index contributed by atoms with van der Waals surface area (Å²) in [7, 11) is 0. The number of aliphatic hydroxyl groups is 2. The molecule has 1 fully saturated rings. The third-order valence-corrected chi connectivity index (χ3v) is 2.92. The average Bonchev–Trinajstić information content (AvgIpc) is 2.48. The fraction of sp³-hybridized carbons (Fsp3) is 0.889. The van der Waals surface area contributed by atoms with Crippen molar-refractivity contribution < 1.29 is 10.2 Å². The molecule has 0 amide bonds. The molecule has 0 heterocycles. The summed E-state index contributed by atoms with van der Waals surface area (Å²) in [4.78, 5) is 0. The van der Waals surface area contributed by atoms with E-state index in [1.807, 2.05) is 0 Å². The van der Waals surface area contributed by atoms with Crippen LogP contribution in [0.4, 0.5) is 0 Å². The van der Waals surface area contributed by atoms with Gasteiger partial charge in [0.2, 0.25) is 0 Å². The molecule has 0 aliphatic heterocycles. The van der Waals surface area contributed by atoms with Gasteiger partial charge in [0.15, 0.2) is 0 Å². The Hall–Kier alpha value is -0.590. The van der Waals surface area contributed by atoms with Gasteiger partial charge < -0.3 is 10.2 Å². The summed E-state index contributed by atoms with van der Waals surface area (Å²) in [6.45, 7) is 0.311. The van der Waals surface area contributed by atoms with Crippen LogP contribution in [0, 0.1) is 29.1 Å². The summed E-state index contributed by atoms with van der Waals surface area (Å²) in [6, 6.07) is 2.12. The molecule has 2 unspecified atom stereocenters. The second kappa shape index (κ2) is 4.44. The molecule has 1 aliphatic rings. The van der Waals surface area contributed by atoms with E-state index in [0.717, 1.165) is 12.8 Å². The number of rotatable bonds is 3. The minimum Gasteiger partial charge on any atom is -0.396 e. The van der Waals surface area contributed by atoms with E-state index in [4.69, 9.17) is 15.5 Å². The molecule has 0 radical (unpaired) electrons. The van der Waals surface area contributed by atoms with Gasteiger partial charge in [0.25, 0.3) is 0 Å². The predicted molar refractivity (Wildman–Crippen MR) is 44.1 cm³/mol. The lowest BCUT2D eigenvalue weighted by Crippen LogP contribution is -2.19. The van der Waals surface area contributed by atoms with Crippen LogP contribution in [-0.4, -0.2) is 23.4 Å². The van der Waals surface area contributed by atoms with E-state index in [1.165, 1.54) is 0 Å². The summed E-state index contributed by atoms with van der Waals surface area (Å²) >= 11 is 0. The topological polar surface area (TPSA) is 64.2 Å². The maximum absolute atomic E-state index is 8.99. The third-order valence-electron chi connectivity index (χ3n) is 2.92. The number of nitriles is 1. The van der Waals surface area contributed by atoms with Crippen LogP contribution in [-0.2, 0) is 0 Å². The smallest absolute Gasteiger partial charge is 0.0624 e. The molecule has 0 spiro atoms. The van der Waals surface area contributed by atoms with E-state index in [2.05, 4.69) is 6.07 Å². The highest BCUT2D eigenvalue weighted by Gasteiger charge is 2.34. The zero-order valence-electron chi connectivity index (χ0n) is 7.11. The van der Waals surface area contributed by atoms with Crippen LogP contribution in [0.3, 0.4) is 0 Å². The van der Waals surface area contributed by atoms with E-state index in [0.29, 0.717) is 6.42 Å². The lowest BCUT2D eigenvalue weighted by atomic mass is 9.88. The minimum atomic E-state index is 0.156. The number of aliphatic hydroxyl groups excluding tert-OH is 2. The van der Waals surface area contributed by atoms with E-state index < -0.39 is 0 Å². The largest absolute Gasteiger partial charge is 0.396 e. The van der Waals surface area contributed by atoms with Crippen molar-refractivity contribution in [2.45, 2.75) is 19.3 Å². The Morgan fingerprint density at radius 2 is 1.67 bits per heavy atom. The summed E-state index contributed by atoms with van der Waals surface area (Å²) in [5.74, 6) is 0.689. The SMILES string of the molecule is N#CCC1C(CO)CCC1CO. The van der Waals surface area contributed by atoms with E-state index >= 15 is 0 Å². The highest BCUT2D eigenvalue weighted by Crippen LogP contribution is 2.38. The molecule has 0 saturated heterocycles. The molecule has 12 heavy (non-hydrogen) atoms. The van der Waals surface area contributed by atoms with Gasteiger partial charge in [0.1, 0.15) is 0 Å². The molecular formula is C9H15NO2. The van der Waals surface area contributed by atoms with Crippen molar-refractivity contribution in [3.8, 4) is 6.07 Å². The summed E-state index contributed by atoms with van der Waals surface area (Å²) in [5.41, 5.74) is 0. The fourth-order valence-electron chi connectivity index (χ4n) is 2.13. The minimum absolute atomic E-state index is 0.156. The molecule has 0 bridgehead atoms. The first-order chi connectivity index (χ1) is 5.83. The van der Waals surface area contributed by atoms with Crippen molar-refractivity contribution in [3.63, 3.8) is 0 Å². The first-order valence-electron chi connectivity index (χ1n) is 4.42. The van der Waals surface area contributed by atoms with Gasteiger partial charge in [-0.3, -0.25) is 0 Å². The van der Waals surface area contributed by atoms with Gasteiger partial charge in [-0.25, -0.2) is 0 Å². The van der Waals surface area contributed by atoms with Crippen LogP contribution in [0.25, 0.3) is 0 Å². The Labute approximate surface area is 72.6 Å². The average molecular weight is 169 g/mol. The maximum Gasteiger partial charge on any atom is 0.0624 e. The normalized spacial score (nSPS) is 34.9. The van der Waals surface area contributed by atoms with Crippen molar-refractivity contribution in [2.24, 2.45) is 17.8 Å². The molecule has 68 valence electrons. The van der Waals surface area contributed by atoms with Gasteiger partial charge in [-0.05, 0) is 30.6 Å². The van der Waals surface area contributed by atoms with Crippen LogP contribution in [0.5, 0.6) is 0 Å². The van der Waals surface area contributed by atoms with Gasteiger partial charge in [0, 0.05) is 19.6 Å². The highest BCUT2D eigenvalue weighted by molar-refractivity contribution is 4.89. The number of hydrogen-bond donors (Lipinski definition) is 2. The van der Waals surface area contributed by atoms with Crippen LogP contribution >= 0.6 is 0 Å². The lowest BCUT2D eigenvalue weighted by molar-refractivity contribution is 0.146. The fourth-order valence-corrected chi connectivity index (χ4v) is 2.13. The maximum atomic E-state index is 8.99. The summed E-state index contributed by atoms with van der Waals surface area (Å²) in [6.07, 6.45) is 2.37. The number of hydrogen-bond acceptors (Lipinski definition) is 3. The molecular weight excluding hydrogens is 154 g/mol. The van der Waals surface area contributed by atoms with Crippen molar-refractivity contribution in [1.82, 2.24) is 0 Å². The van der Waals surface area contributed by atoms with Gasteiger partial charge in [-0.1, -0.05) is 0 Å². The standard InChI is InChI=1S/C9H15NO2/c10-4-3-9-7(5-11)1-2-8(9)6-12/h7-9,11-12H,1-3,5-6H2. The third kappa shape index (κ3) is 1.77. The van der Waals surface area contributed by atoms with Gasteiger partial charge >= 0.3 is 0 Å². The van der Waals surface area contributed by atoms with Crippen LogP contribution in [0.1, 0.15) is 19.3 Å². The monoisotopic (exact) mass is 169 g/mol. The molecule has 1 aliphatic carbocycles. The molecule has 3 heteroatoms. The first kappa shape index (κ1) is 9.50. The Bertz CT molecular complexity index is 164. The summed E-state index contributed by atoms with van der Waals surface area (Å²) < 4.78 is 0. The van der Waals surface area contributed by atoms with Crippen molar-refractivity contribution in [3.05, 3.63) is 0 Å². The Morgan fingerprint density at radius 1 is 1.17 bits per heavy atom. The molecule has 0 aromatic heterocycles. The van der Waals surface area contributed by atoms with Gasteiger partial charge in [-0.15, -0.1) is 0 Å². The van der Waals surface area contributed by atoms with Crippen molar-refractivity contribution in [1.29, 1.82) is 5.26 Å². The van der Waals surface area contributed by atoms with Crippen LogP contribution in [0.2, 0.25) is 0 Å². The Balaban J connectivity index is 2.54. The highest BCUT2D eigenvalue weighted by atomic mass is 16.3. The van der Waals surface area contributed by atoms with E-state index in [-0.39, 0.29) is 31.0 Å². The van der Waals surface area contributed by atoms with Gasteiger partial charge in [0.05, 0.1) is 6.07 Å². The zero-order chi connectivity index (χ0) is 8.97. The van der Waals surface area contributed by atoms with E-state index in [9.17, 15) is 0 Å². The summed E-state index contributed by atoms with van der Waals surface area (Å²) in [5, 5.41) is 26.5. The molecule has 2 N–H and O–H groups in total. The van der Waals surface area contributed by atoms with Gasteiger partial charge in [-0.2, -0.15) is 5.26 Å². The predicted octanol–water partition coefficient (Wildman–Crippen LogP) is 0.527. The molecule has 3 nitrogen and oxygen atoms in total. The van der Waals surface area contributed by atoms with E-state index in [1.54, 1.807) is 0 Å². The molecule has 1 saturated carbocycles. The van der Waals surface area contributed by atoms with Crippen LogP contribution in [0.15, 0.2) is 0 Å². The quantitative estimate of drug-likeness (QED) is 0.647. The van der Waals surface area contributed by atoms with Crippen molar-refractivity contribution >= 4 is 0 Å². The zero-order valence-corrected chi connectivity index (χ0v) is 7.11. The molecule has 1 rings (SSSR count). The Kier molecular flexibility index (Phi) is 3.51. The Morgan fingerprint density at radius 3 is 2.00 bits per heavy atom. The second-order valence-electron chi connectivity index (χ2n) is 3.49. The molecule has 0 aromatic rings. The van der Waals surface area contributed by atoms with Crippen molar-refractivity contribution in [2.75, 3.05) is 13.2 Å². The van der Waals surface area contributed by atoms with Crippen LogP contribution < -0.4 is 0 Å². The first-order valence-corrected chi connectivity index (χ1v) is 4.42. The number of nitrogens with zero attached hydrogens (tertiary/aromatic N) is 1. The second-order valence-corrected chi connectivity index (χ2v) is 3.49.